The van der Waals surface area contributed by atoms with Gasteiger partial charge < -0.3 is 9.80 Å². The van der Waals surface area contributed by atoms with E-state index in [4.69, 9.17) is 0 Å². The van der Waals surface area contributed by atoms with Gasteiger partial charge in [-0.3, -0.25) is 9.78 Å². The second-order valence-corrected chi connectivity index (χ2v) is 6.58. The Labute approximate surface area is 150 Å². The number of carbonyl (C=O) groups excluding carboxylic acids is 1. The van der Waals surface area contributed by atoms with Gasteiger partial charge in [0, 0.05) is 31.7 Å². The van der Waals surface area contributed by atoms with Gasteiger partial charge >= 0.3 is 0 Å². The normalized spacial score (nSPS) is 20.0. The van der Waals surface area contributed by atoms with Crippen molar-refractivity contribution < 1.29 is 4.79 Å². The monoisotopic (exact) mass is 352 g/mol. The second kappa shape index (κ2) is 6.68. The number of amides is 1. The molecule has 1 fully saturated rings. The van der Waals surface area contributed by atoms with Gasteiger partial charge in [-0.1, -0.05) is 5.21 Å². The van der Waals surface area contributed by atoms with E-state index in [9.17, 15) is 4.79 Å². The molecule has 3 aromatic heterocycles. The molecule has 3 aromatic rings. The van der Waals surface area contributed by atoms with Crippen LogP contribution >= 0.6 is 0 Å². The first kappa shape index (κ1) is 16.4. The molecule has 1 aliphatic heterocycles. The lowest BCUT2D eigenvalue weighted by Gasteiger charge is -2.24. The number of hydrogen-bond acceptors (Lipinski definition) is 6. The molecular weight excluding hydrogens is 332 g/mol. The number of carbonyl (C=O) groups is 1. The summed E-state index contributed by atoms with van der Waals surface area (Å²) < 4.78 is 3.49. The molecule has 9 nitrogen and oxygen atoms in total. The molecule has 26 heavy (non-hydrogen) atoms. The zero-order valence-electron chi connectivity index (χ0n) is 14.7. The Morgan fingerprint density at radius 3 is 2.81 bits per heavy atom. The number of nitrogens with zero attached hydrogens (tertiary/aromatic N) is 8. The number of likely N-dealkylation sites (tertiary alicyclic amines) is 1. The first-order valence-corrected chi connectivity index (χ1v) is 8.40. The molecule has 0 bridgehead atoms. The third-order valence-electron chi connectivity index (χ3n) is 4.73. The SMILES string of the molecule is CN(C)[C@@H]1CN(C(=O)c2cnn(-c3cccnc3)c2)C[C@@H]1n1ccnn1. The quantitative estimate of drug-likeness (QED) is 0.679. The summed E-state index contributed by atoms with van der Waals surface area (Å²) in [5.41, 5.74) is 1.38. The molecule has 1 saturated heterocycles. The van der Waals surface area contributed by atoms with Crippen LogP contribution in [-0.4, -0.2) is 78.7 Å². The molecule has 4 heterocycles. The van der Waals surface area contributed by atoms with Gasteiger partial charge in [-0.2, -0.15) is 5.10 Å². The Bertz CT molecular complexity index is 873. The lowest BCUT2D eigenvalue weighted by molar-refractivity contribution is 0.0781. The van der Waals surface area contributed by atoms with Crippen molar-refractivity contribution in [1.82, 2.24) is 39.6 Å². The van der Waals surface area contributed by atoms with Crippen molar-refractivity contribution in [3.05, 3.63) is 54.9 Å². The summed E-state index contributed by atoms with van der Waals surface area (Å²) in [6, 6.07) is 3.98. The Hall–Kier alpha value is -3.07. The summed E-state index contributed by atoms with van der Waals surface area (Å²) in [5, 5.41) is 12.3. The molecule has 0 saturated carbocycles. The van der Waals surface area contributed by atoms with Crippen LogP contribution in [0.1, 0.15) is 16.4 Å². The molecule has 4 rings (SSSR count). The van der Waals surface area contributed by atoms with Gasteiger partial charge in [0.2, 0.25) is 0 Å². The molecule has 9 heteroatoms. The first-order valence-electron chi connectivity index (χ1n) is 8.40. The highest BCUT2D eigenvalue weighted by molar-refractivity contribution is 5.94. The van der Waals surface area contributed by atoms with Crippen LogP contribution in [0.3, 0.4) is 0 Å². The molecule has 1 amide bonds. The van der Waals surface area contributed by atoms with Gasteiger partial charge in [0.05, 0.1) is 41.9 Å². The van der Waals surface area contributed by atoms with E-state index in [-0.39, 0.29) is 18.0 Å². The summed E-state index contributed by atoms with van der Waals surface area (Å²) in [5.74, 6) is -0.0328. The average Bonchev–Trinajstić information content (AvgIpc) is 3.41. The van der Waals surface area contributed by atoms with Crippen LogP contribution in [0.5, 0.6) is 0 Å². The van der Waals surface area contributed by atoms with Crippen LogP contribution in [0.15, 0.2) is 49.3 Å². The summed E-state index contributed by atoms with van der Waals surface area (Å²) >= 11 is 0. The van der Waals surface area contributed by atoms with Gasteiger partial charge in [-0.05, 0) is 26.2 Å². The third kappa shape index (κ3) is 2.97. The highest BCUT2D eigenvalue weighted by Gasteiger charge is 2.38. The predicted octanol–water partition coefficient (Wildman–Crippen LogP) is 0.486. The average molecular weight is 352 g/mol. The van der Waals surface area contributed by atoms with Crippen molar-refractivity contribution in [2.45, 2.75) is 12.1 Å². The molecule has 0 aliphatic carbocycles. The molecule has 0 N–H and O–H groups in total. The summed E-state index contributed by atoms with van der Waals surface area (Å²) in [7, 11) is 4.03. The molecule has 0 spiro atoms. The van der Waals surface area contributed by atoms with E-state index in [0.717, 1.165) is 5.69 Å². The molecule has 2 atom stereocenters. The van der Waals surface area contributed by atoms with E-state index in [2.05, 4.69) is 25.3 Å². The molecule has 0 aromatic carbocycles. The van der Waals surface area contributed by atoms with Crippen molar-refractivity contribution >= 4 is 5.91 Å². The summed E-state index contributed by atoms with van der Waals surface area (Å²) in [6.07, 6.45) is 10.3. The van der Waals surface area contributed by atoms with E-state index >= 15 is 0 Å². The van der Waals surface area contributed by atoms with Gasteiger partial charge in [0.25, 0.3) is 5.91 Å². The minimum Gasteiger partial charge on any atom is -0.335 e. The topological polar surface area (TPSA) is 85.0 Å². The van der Waals surface area contributed by atoms with Crippen LogP contribution in [-0.2, 0) is 0 Å². The lowest BCUT2D eigenvalue weighted by Crippen LogP contribution is -2.37. The number of pyridine rings is 1. The molecule has 0 radical (unpaired) electrons. The minimum atomic E-state index is -0.0328. The largest absolute Gasteiger partial charge is 0.335 e. The highest BCUT2D eigenvalue weighted by Crippen LogP contribution is 2.26. The first-order chi connectivity index (χ1) is 12.6. The third-order valence-corrected chi connectivity index (χ3v) is 4.73. The standard InChI is InChI=1S/C17H20N8O/c1-22(2)15-11-23(12-16(15)24-7-6-19-21-24)17(26)13-8-20-25(10-13)14-4-3-5-18-9-14/h3-10,15-16H,11-12H2,1-2H3/t15-,16+/m1/s1. The minimum absolute atomic E-state index is 0.0328. The van der Waals surface area contributed by atoms with Gasteiger partial charge in [-0.15, -0.1) is 5.10 Å². The van der Waals surface area contributed by atoms with Crippen LogP contribution < -0.4 is 0 Å². The smallest absolute Gasteiger partial charge is 0.257 e. The molecular formula is C17H20N8O. The van der Waals surface area contributed by atoms with Crippen molar-refractivity contribution in [3.8, 4) is 5.69 Å². The van der Waals surface area contributed by atoms with Gasteiger partial charge in [-0.25, -0.2) is 9.36 Å². The van der Waals surface area contributed by atoms with Crippen LogP contribution in [0.2, 0.25) is 0 Å². The van der Waals surface area contributed by atoms with E-state index in [1.54, 1.807) is 35.7 Å². The van der Waals surface area contributed by atoms with Gasteiger partial charge in [0.15, 0.2) is 0 Å². The maximum atomic E-state index is 13.0. The van der Waals surface area contributed by atoms with Crippen molar-refractivity contribution in [2.75, 3.05) is 27.2 Å². The van der Waals surface area contributed by atoms with Crippen LogP contribution in [0, 0.1) is 0 Å². The van der Waals surface area contributed by atoms with Gasteiger partial charge in [0.1, 0.15) is 0 Å². The maximum Gasteiger partial charge on any atom is 0.257 e. The fourth-order valence-electron chi connectivity index (χ4n) is 3.34. The zero-order valence-corrected chi connectivity index (χ0v) is 14.7. The van der Waals surface area contributed by atoms with E-state index in [0.29, 0.717) is 18.7 Å². The molecule has 134 valence electrons. The van der Waals surface area contributed by atoms with Crippen molar-refractivity contribution in [3.63, 3.8) is 0 Å². The number of hydrogen-bond donors (Lipinski definition) is 0. The Morgan fingerprint density at radius 1 is 1.23 bits per heavy atom. The molecule has 0 unspecified atom stereocenters. The lowest BCUT2D eigenvalue weighted by atomic mass is 10.1. The zero-order chi connectivity index (χ0) is 18.1. The number of aromatic nitrogens is 6. The Kier molecular flexibility index (Phi) is 4.21. The van der Waals surface area contributed by atoms with E-state index < -0.39 is 0 Å². The van der Waals surface area contributed by atoms with Crippen molar-refractivity contribution in [2.24, 2.45) is 0 Å². The summed E-state index contributed by atoms with van der Waals surface area (Å²) in [6.45, 7) is 1.22. The highest BCUT2D eigenvalue weighted by atomic mass is 16.2. The number of rotatable bonds is 4. The Morgan fingerprint density at radius 2 is 2.12 bits per heavy atom. The predicted molar refractivity (Wildman–Crippen MR) is 93.8 cm³/mol. The van der Waals surface area contributed by atoms with Crippen LogP contribution in [0.4, 0.5) is 0 Å². The Balaban J connectivity index is 1.54. The second-order valence-electron chi connectivity index (χ2n) is 6.58. The number of likely N-dealkylation sites (N-methyl/N-ethyl adjacent to an activating group) is 1. The van der Waals surface area contributed by atoms with Crippen LogP contribution in [0.25, 0.3) is 5.69 Å². The van der Waals surface area contributed by atoms with Crippen molar-refractivity contribution in [1.29, 1.82) is 0 Å². The van der Waals surface area contributed by atoms with E-state index in [1.165, 1.54) is 0 Å². The fourth-order valence-corrected chi connectivity index (χ4v) is 3.34. The maximum absolute atomic E-state index is 13.0. The van der Waals surface area contributed by atoms with E-state index in [1.807, 2.05) is 42.0 Å². The summed E-state index contributed by atoms with van der Waals surface area (Å²) in [4.78, 5) is 21.0. The fraction of sp³-hybridized carbons (Fsp3) is 0.353. The molecule has 1 aliphatic rings.